The fourth-order valence-electron chi connectivity index (χ4n) is 2.14. The van der Waals surface area contributed by atoms with Gasteiger partial charge in [0.15, 0.2) is 4.96 Å². The maximum atomic E-state index is 12.1. The molecule has 1 amide bonds. The summed E-state index contributed by atoms with van der Waals surface area (Å²) in [5.41, 5.74) is 1.72. The summed E-state index contributed by atoms with van der Waals surface area (Å²) in [5.74, 6) is -1.38. The summed E-state index contributed by atoms with van der Waals surface area (Å²) in [6.45, 7) is 5.62. The van der Waals surface area contributed by atoms with Crippen LogP contribution in [0, 0.1) is 12.8 Å². The zero-order valence-corrected chi connectivity index (χ0v) is 13.1. The highest BCUT2D eigenvalue weighted by Gasteiger charge is 2.25. The van der Waals surface area contributed by atoms with Crippen LogP contribution < -0.4 is 5.32 Å². The van der Waals surface area contributed by atoms with Gasteiger partial charge >= 0.3 is 5.97 Å². The average Bonchev–Trinajstić information content (AvgIpc) is 2.95. The van der Waals surface area contributed by atoms with Crippen LogP contribution in [0.1, 0.15) is 31.7 Å². The number of hydrogen-bond donors (Lipinski definition) is 2. The van der Waals surface area contributed by atoms with E-state index < -0.39 is 12.0 Å². The van der Waals surface area contributed by atoms with E-state index >= 15 is 0 Å². The summed E-state index contributed by atoms with van der Waals surface area (Å²) in [6.07, 6.45) is 2.72. The Labute approximate surface area is 126 Å². The zero-order chi connectivity index (χ0) is 15.6. The number of carbonyl (C=O) groups is 2. The highest BCUT2D eigenvalue weighted by Crippen LogP contribution is 2.17. The maximum Gasteiger partial charge on any atom is 0.326 e. The molecule has 0 saturated carbocycles. The molecule has 0 radical (unpaired) electrons. The summed E-state index contributed by atoms with van der Waals surface area (Å²) in [4.78, 5) is 28.5. The lowest BCUT2D eigenvalue weighted by Crippen LogP contribution is -2.45. The molecule has 2 aromatic heterocycles. The van der Waals surface area contributed by atoms with Crippen molar-refractivity contribution in [1.29, 1.82) is 0 Å². The SMILES string of the molecule is CCC(C)[C@H](NC(=O)Cc1csc2nc(C)cn12)C(=O)O. The molecule has 2 rings (SSSR count). The normalized spacial score (nSPS) is 14.0. The van der Waals surface area contributed by atoms with Crippen molar-refractivity contribution in [3.63, 3.8) is 0 Å². The third-order valence-electron chi connectivity index (χ3n) is 3.54. The Bertz CT molecular complexity index is 662. The van der Waals surface area contributed by atoms with Crippen LogP contribution in [0.4, 0.5) is 0 Å². The van der Waals surface area contributed by atoms with Crippen molar-refractivity contribution in [2.24, 2.45) is 5.92 Å². The first-order chi connectivity index (χ1) is 9.92. The number of carboxylic acids is 1. The number of nitrogens with zero attached hydrogens (tertiary/aromatic N) is 2. The van der Waals surface area contributed by atoms with Gasteiger partial charge in [0.1, 0.15) is 6.04 Å². The lowest BCUT2D eigenvalue weighted by atomic mass is 9.99. The molecular formula is C14H19N3O3S. The first kappa shape index (κ1) is 15.5. The molecule has 0 fully saturated rings. The number of carbonyl (C=O) groups excluding carboxylic acids is 1. The number of imidazole rings is 1. The van der Waals surface area contributed by atoms with E-state index in [0.717, 1.165) is 16.3 Å². The summed E-state index contributed by atoms with van der Waals surface area (Å²) in [6, 6.07) is -0.846. The molecular weight excluding hydrogens is 290 g/mol. The first-order valence-electron chi connectivity index (χ1n) is 6.86. The van der Waals surface area contributed by atoms with Gasteiger partial charge in [0.05, 0.1) is 12.1 Å². The van der Waals surface area contributed by atoms with Crippen LogP contribution in [0.25, 0.3) is 4.96 Å². The number of thiazole rings is 1. The van der Waals surface area contributed by atoms with Gasteiger partial charge in [-0.15, -0.1) is 11.3 Å². The fourth-order valence-corrected chi connectivity index (χ4v) is 3.06. The van der Waals surface area contributed by atoms with Crippen LogP contribution in [0.5, 0.6) is 0 Å². The van der Waals surface area contributed by atoms with E-state index in [1.54, 1.807) is 0 Å². The Kier molecular flexibility index (Phi) is 4.62. The molecule has 2 atom stereocenters. The smallest absolute Gasteiger partial charge is 0.326 e. The second-order valence-corrected chi connectivity index (χ2v) is 6.04. The lowest BCUT2D eigenvalue weighted by molar-refractivity contribution is -0.143. The third kappa shape index (κ3) is 3.41. The van der Waals surface area contributed by atoms with E-state index in [1.165, 1.54) is 11.3 Å². The number of hydrogen-bond acceptors (Lipinski definition) is 4. The molecule has 1 unspecified atom stereocenters. The lowest BCUT2D eigenvalue weighted by Gasteiger charge is -2.20. The molecule has 0 aliphatic carbocycles. The predicted octanol–water partition coefficient (Wildman–Crippen LogP) is 1.86. The average molecular weight is 309 g/mol. The zero-order valence-electron chi connectivity index (χ0n) is 12.3. The van der Waals surface area contributed by atoms with Gasteiger partial charge in [-0.25, -0.2) is 9.78 Å². The largest absolute Gasteiger partial charge is 0.480 e. The van der Waals surface area contributed by atoms with Gasteiger partial charge < -0.3 is 10.4 Å². The quantitative estimate of drug-likeness (QED) is 0.853. The minimum absolute atomic E-state index is 0.107. The molecule has 0 aliphatic rings. The minimum Gasteiger partial charge on any atom is -0.480 e. The number of aryl methyl sites for hydroxylation is 1. The van der Waals surface area contributed by atoms with Crippen molar-refractivity contribution in [3.8, 4) is 0 Å². The monoisotopic (exact) mass is 309 g/mol. The van der Waals surface area contributed by atoms with Crippen LogP contribution in [0.15, 0.2) is 11.6 Å². The topological polar surface area (TPSA) is 83.7 Å². The molecule has 0 aromatic carbocycles. The van der Waals surface area contributed by atoms with E-state index in [4.69, 9.17) is 0 Å². The number of fused-ring (bicyclic) bond motifs is 1. The number of amides is 1. The van der Waals surface area contributed by atoms with E-state index in [0.29, 0.717) is 6.42 Å². The second kappa shape index (κ2) is 6.26. The summed E-state index contributed by atoms with van der Waals surface area (Å²) in [5, 5.41) is 13.7. The van der Waals surface area contributed by atoms with Crippen molar-refractivity contribution in [1.82, 2.24) is 14.7 Å². The summed E-state index contributed by atoms with van der Waals surface area (Å²) in [7, 11) is 0. The number of carboxylic acid groups (broad SMARTS) is 1. The van der Waals surface area contributed by atoms with Crippen molar-refractivity contribution in [2.45, 2.75) is 39.7 Å². The molecule has 114 valence electrons. The highest BCUT2D eigenvalue weighted by atomic mass is 32.1. The van der Waals surface area contributed by atoms with Gasteiger partial charge in [-0.1, -0.05) is 20.3 Å². The molecule has 2 N–H and O–H groups in total. The molecule has 0 saturated heterocycles. The summed E-state index contributed by atoms with van der Waals surface area (Å²) < 4.78 is 1.87. The number of rotatable bonds is 6. The Morgan fingerprint density at radius 1 is 1.52 bits per heavy atom. The third-order valence-corrected chi connectivity index (χ3v) is 4.43. The van der Waals surface area contributed by atoms with Crippen molar-refractivity contribution < 1.29 is 14.7 Å². The van der Waals surface area contributed by atoms with Gasteiger partial charge in [0.25, 0.3) is 0 Å². The fraction of sp³-hybridized carbons (Fsp3) is 0.500. The van der Waals surface area contributed by atoms with Crippen LogP contribution in [0.3, 0.4) is 0 Å². The van der Waals surface area contributed by atoms with Crippen LogP contribution in [0.2, 0.25) is 0 Å². The Balaban J connectivity index is 2.08. The van der Waals surface area contributed by atoms with Crippen molar-refractivity contribution >= 4 is 28.2 Å². The molecule has 7 heteroatoms. The van der Waals surface area contributed by atoms with Crippen molar-refractivity contribution in [2.75, 3.05) is 0 Å². The van der Waals surface area contributed by atoms with Gasteiger partial charge in [-0.05, 0) is 12.8 Å². The Hall–Kier alpha value is -1.89. The van der Waals surface area contributed by atoms with E-state index in [2.05, 4.69) is 10.3 Å². The molecule has 0 bridgehead atoms. The van der Waals surface area contributed by atoms with Gasteiger partial charge in [0.2, 0.25) is 5.91 Å². The van der Waals surface area contributed by atoms with Crippen molar-refractivity contribution in [3.05, 3.63) is 23.0 Å². The highest BCUT2D eigenvalue weighted by molar-refractivity contribution is 7.15. The predicted molar refractivity (Wildman–Crippen MR) is 80.5 cm³/mol. The number of aromatic nitrogens is 2. The van der Waals surface area contributed by atoms with Gasteiger partial charge in [0, 0.05) is 17.3 Å². The number of aliphatic carboxylic acids is 1. The molecule has 2 heterocycles. The van der Waals surface area contributed by atoms with Crippen LogP contribution in [-0.4, -0.2) is 32.4 Å². The molecule has 0 aliphatic heterocycles. The first-order valence-corrected chi connectivity index (χ1v) is 7.74. The van der Waals surface area contributed by atoms with Gasteiger partial charge in [-0.3, -0.25) is 9.20 Å². The van der Waals surface area contributed by atoms with E-state index in [-0.39, 0.29) is 18.2 Å². The molecule has 6 nitrogen and oxygen atoms in total. The minimum atomic E-state index is -0.994. The Morgan fingerprint density at radius 2 is 2.24 bits per heavy atom. The van der Waals surface area contributed by atoms with E-state index in [1.807, 2.05) is 36.7 Å². The Morgan fingerprint density at radius 3 is 2.86 bits per heavy atom. The number of nitrogens with one attached hydrogen (secondary N) is 1. The molecule has 0 spiro atoms. The molecule has 21 heavy (non-hydrogen) atoms. The standard InChI is InChI=1S/C14H19N3O3S/c1-4-8(2)12(13(19)20)16-11(18)5-10-7-21-14-15-9(3)6-17(10)14/h6-8,12H,4-5H2,1-3H3,(H,16,18)(H,19,20)/t8?,12-/m0/s1. The van der Waals surface area contributed by atoms with Crippen LogP contribution >= 0.6 is 11.3 Å². The van der Waals surface area contributed by atoms with Crippen LogP contribution in [-0.2, 0) is 16.0 Å². The second-order valence-electron chi connectivity index (χ2n) is 5.21. The summed E-state index contributed by atoms with van der Waals surface area (Å²) >= 11 is 1.47. The maximum absolute atomic E-state index is 12.1. The molecule has 2 aromatic rings. The van der Waals surface area contributed by atoms with E-state index in [9.17, 15) is 14.7 Å². The van der Waals surface area contributed by atoms with Gasteiger partial charge in [-0.2, -0.15) is 0 Å².